The number of carbonyl (C=O) groups excluding carboxylic acids is 1. The summed E-state index contributed by atoms with van der Waals surface area (Å²) in [6.07, 6.45) is 0.448. The number of H-pyrrole nitrogens is 1. The summed E-state index contributed by atoms with van der Waals surface area (Å²) < 4.78 is 10.5. The molecule has 1 aromatic heterocycles. The number of ether oxygens (including phenoxy) is 2. The number of nitrogens with one attached hydrogen (secondary N) is 2. The largest absolute Gasteiger partial charge is 0.493 e. The highest BCUT2D eigenvalue weighted by Crippen LogP contribution is 2.31. The van der Waals surface area contributed by atoms with E-state index in [4.69, 9.17) is 14.7 Å². The minimum absolute atomic E-state index is 0.155. The molecule has 7 heteroatoms. The number of aryl methyl sites for hydroxylation is 1. The second-order valence-electron chi connectivity index (χ2n) is 6.16. The van der Waals surface area contributed by atoms with E-state index in [9.17, 15) is 9.59 Å². The van der Waals surface area contributed by atoms with Crippen LogP contribution in [0.25, 0.3) is 10.9 Å². The molecule has 1 heterocycles. The predicted octanol–water partition coefficient (Wildman–Crippen LogP) is 2.99. The zero-order chi connectivity index (χ0) is 20.1. The number of anilines is 1. The summed E-state index contributed by atoms with van der Waals surface area (Å²) in [6.45, 7) is 0. The molecule has 0 aliphatic heterocycles. The minimum Gasteiger partial charge on any atom is -0.493 e. The van der Waals surface area contributed by atoms with Crippen LogP contribution >= 0.6 is 0 Å². The van der Waals surface area contributed by atoms with Crippen LogP contribution in [0.3, 0.4) is 0 Å². The molecule has 0 aliphatic carbocycles. The highest BCUT2D eigenvalue weighted by atomic mass is 16.5. The summed E-state index contributed by atoms with van der Waals surface area (Å²) in [5.41, 5.74) is 2.02. The lowest BCUT2D eigenvalue weighted by atomic mass is 10.1. The maximum atomic E-state index is 12.3. The Balaban J connectivity index is 1.74. The van der Waals surface area contributed by atoms with Gasteiger partial charge in [-0.2, -0.15) is 5.26 Å². The molecule has 1 amide bonds. The fourth-order valence-corrected chi connectivity index (χ4v) is 2.86. The molecule has 0 spiro atoms. The number of methoxy groups -OCH3 is 2. The second kappa shape index (κ2) is 8.27. The molecule has 142 valence electrons. The average molecular weight is 377 g/mol. The summed E-state index contributed by atoms with van der Waals surface area (Å²) in [5.74, 6) is 0.878. The molecular weight excluding hydrogens is 358 g/mol. The van der Waals surface area contributed by atoms with E-state index in [0.29, 0.717) is 40.3 Å². The van der Waals surface area contributed by atoms with Gasteiger partial charge in [0, 0.05) is 29.1 Å². The van der Waals surface area contributed by atoms with Crippen LogP contribution in [0.5, 0.6) is 11.5 Å². The van der Waals surface area contributed by atoms with Gasteiger partial charge in [0.2, 0.25) is 5.91 Å². The van der Waals surface area contributed by atoms with E-state index in [0.717, 1.165) is 5.39 Å². The Morgan fingerprint density at radius 2 is 1.79 bits per heavy atom. The lowest BCUT2D eigenvalue weighted by molar-refractivity contribution is -0.116. The highest BCUT2D eigenvalue weighted by Gasteiger charge is 2.11. The molecule has 28 heavy (non-hydrogen) atoms. The van der Waals surface area contributed by atoms with Crippen LogP contribution in [0.4, 0.5) is 5.69 Å². The standard InChI is InChI=1S/C21H19N3O4/c1-27-18-10-15-9-14(21(26)24-17(15)11-19(18)28-2)5-8-20(25)23-16-6-3-13(12-22)4-7-16/h3-4,6-7,9-11H,5,8H2,1-2H3,(H,23,25)(H,24,26). The van der Waals surface area contributed by atoms with Crippen molar-refractivity contribution >= 4 is 22.5 Å². The van der Waals surface area contributed by atoms with Gasteiger partial charge in [-0.25, -0.2) is 0 Å². The van der Waals surface area contributed by atoms with Gasteiger partial charge in [0.1, 0.15) is 0 Å². The second-order valence-corrected chi connectivity index (χ2v) is 6.16. The molecule has 0 saturated heterocycles. The van der Waals surface area contributed by atoms with Crippen molar-refractivity contribution in [1.82, 2.24) is 4.98 Å². The summed E-state index contributed by atoms with van der Waals surface area (Å²) >= 11 is 0. The Morgan fingerprint density at radius 1 is 1.11 bits per heavy atom. The molecule has 2 N–H and O–H groups in total. The van der Waals surface area contributed by atoms with E-state index in [2.05, 4.69) is 10.3 Å². The van der Waals surface area contributed by atoms with Crippen LogP contribution < -0.4 is 20.3 Å². The number of hydrogen-bond acceptors (Lipinski definition) is 5. The highest BCUT2D eigenvalue weighted by molar-refractivity contribution is 5.91. The molecule has 2 aromatic carbocycles. The van der Waals surface area contributed by atoms with Gasteiger partial charge in [-0.1, -0.05) is 0 Å². The van der Waals surface area contributed by atoms with E-state index < -0.39 is 0 Å². The predicted molar refractivity (Wildman–Crippen MR) is 106 cm³/mol. The Hall–Kier alpha value is -3.79. The third-order valence-electron chi connectivity index (χ3n) is 4.34. The molecular formula is C21H19N3O4. The van der Waals surface area contributed by atoms with Crippen LogP contribution in [-0.4, -0.2) is 25.1 Å². The van der Waals surface area contributed by atoms with E-state index in [1.54, 1.807) is 49.6 Å². The van der Waals surface area contributed by atoms with Crippen molar-refractivity contribution in [2.45, 2.75) is 12.8 Å². The number of nitriles is 1. The molecule has 3 rings (SSSR count). The van der Waals surface area contributed by atoms with Gasteiger partial charge in [-0.3, -0.25) is 9.59 Å². The van der Waals surface area contributed by atoms with E-state index >= 15 is 0 Å². The number of amides is 1. The Morgan fingerprint density at radius 3 is 2.43 bits per heavy atom. The molecule has 0 radical (unpaired) electrons. The maximum Gasteiger partial charge on any atom is 0.251 e. The fourth-order valence-electron chi connectivity index (χ4n) is 2.86. The maximum absolute atomic E-state index is 12.3. The van der Waals surface area contributed by atoms with Gasteiger partial charge in [0.15, 0.2) is 11.5 Å². The molecule has 0 atom stereocenters. The first-order valence-electron chi connectivity index (χ1n) is 8.62. The first-order chi connectivity index (χ1) is 13.5. The lowest BCUT2D eigenvalue weighted by Crippen LogP contribution is -2.17. The number of aromatic nitrogens is 1. The quantitative estimate of drug-likeness (QED) is 0.687. The number of benzene rings is 2. The zero-order valence-corrected chi connectivity index (χ0v) is 15.5. The topological polar surface area (TPSA) is 104 Å². The number of aromatic amines is 1. The number of carbonyl (C=O) groups is 1. The number of rotatable bonds is 6. The smallest absolute Gasteiger partial charge is 0.251 e. The van der Waals surface area contributed by atoms with Crippen molar-refractivity contribution < 1.29 is 14.3 Å². The Kier molecular flexibility index (Phi) is 5.61. The van der Waals surface area contributed by atoms with Crippen molar-refractivity contribution in [3.63, 3.8) is 0 Å². The zero-order valence-electron chi connectivity index (χ0n) is 15.5. The van der Waals surface area contributed by atoms with Crippen LogP contribution in [0, 0.1) is 11.3 Å². The number of nitrogens with zero attached hydrogens (tertiary/aromatic N) is 1. The molecule has 3 aromatic rings. The van der Waals surface area contributed by atoms with Crippen molar-refractivity contribution in [1.29, 1.82) is 5.26 Å². The van der Waals surface area contributed by atoms with E-state index in [1.807, 2.05) is 6.07 Å². The van der Waals surface area contributed by atoms with Gasteiger partial charge < -0.3 is 19.8 Å². The lowest BCUT2D eigenvalue weighted by Gasteiger charge is -2.10. The van der Waals surface area contributed by atoms with Crippen LogP contribution in [0.2, 0.25) is 0 Å². The normalized spacial score (nSPS) is 10.3. The molecule has 7 nitrogen and oxygen atoms in total. The number of pyridine rings is 1. The Labute approximate surface area is 161 Å². The third kappa shape index (κ3) is 4.13. The van der Waals surface area contributed by atoms with Gasteiger partial charge in [-0.15, -0.1) is 0 Å². The van der Waals surface area contributed by atoms with Gasteiger partial charge in [0.05, 0.1) is 31.4 Å². The van der Waals surface area contributed by atoms with Gasteiger partial charge in [0.25, 0.3) is 5.56 Å². The third-order valence-corrected chi connectivity index (χ3v) is 4.34. The van der Waals surface area contributed by atoms with Crippen LogP contribution in [-0.2, 0) is 11.2 Å². The summed E-state index contributed by atoms with van der Waals surface area (Å²) in [5, 5.41) is 12.3. The Bertz CT molecular complexity index is 1110. The van der Waals surface area contributed by atoms with Crippen molar-refractivity contribution in [2.24, 2.45) is 0 Å². The monoisotopic (exact) mass is 377 g/mol. The average Bonchev–Trinajstić information content (AvgIpc) is 2.71. The molecule has 0 saturated carbocycles. The molecule has 0 bridgehead atoms. The van der Waals surface area contributed by atoms with Crippen LogP contribution in [0.1, 0.15) is 17.5 Å². The summed E-state index contributed by atoms with van der Waals surface area (Å²) in [6, 6.07) is 13.9. The van der Waals surface area contributed by atoms with Crippen molar-refractivity contribution in [3.8, 4) is 17.6 Å². The molecule has 0 fully saturated rings. The van der Waals surface area contributed by atoms with Gasteiger partial charge >= 0.3 is 0 Å². The summed E-state index contributed by atoms with van der Waals surface area (Å²) in [7, 11) is 3.08. The van der Waals surface area contributed by atoms with Crippen molar-refractivity contribution in [2.75, 3.05) is 19.5 Å². The van der Waals surface area contributed by atoms with E-state index in [1.165, 1.54) is 7.11 Å². The van der Waals surface area contributed by atoms with Gasteiger partial charge in [-0.05, 0) is 42.8 Å². The number of hydrogen-bond donors (Lipinski definition) is 2. The first kappa shape index (κ1) is 19.0. The fraction of sp³-hybridized carbons (Fsp3) is 0.190. The SMILES string of the molecule is COc1cc2cc(CCC(=O)Nc3ccc(C#N)cc3)c(=O)[nH]c2cc1OC. The van der Waals surface area contributed by atoms with Crippen LogP contribution in [0.15, 0.2) is 47.3 Å². The number of fused-ring (bicyclic) bond motifs is 1. The first-order valence-corrected chi connectivity index (χ1v) is 8.62. The van der Waals surface area contributed by atoms with Crippen molar-refractivity contribution in [3.05, 3.63) is 63.9 Å². The van der Waals surface area contributed by atoms with E-state index in [-0.39, 0.29) is 17.9 Å². The molecule has 0 unspecified atom stereocenters. The molecule has 0 aliphatic rings. The summed E-state index contributed by atoms with van der Waals surface area (Å²) in [4.78, 5) is 27.3. The minimum atomic E-state index is -0.245.